The Morgan fingerprint density at radius 2 is 1.82 bits per heavy atom. The predicted octanol–water partition coefficient (Wildman–Crippen LogP) is 3.00. The smallest absolute Gasteiger partial charge is 0.255 e. The minimum atomic E-state index is -0.128. The molecule has 0 aliphatic heterocycles. The van der Waals surface area contributed by atoms with Crippen molar-refractivity contribution in [2.45, 2.75) is 13.5 Å². The quantitative estimate of drug-likeness (QED) is 0.922. The SMILES string of the molecule is COc1ccc(C)cc1C(=O)NCc1ccc(N(C)C)cc1. The molecule has 1 amide bonds. The molecular formula is C18H22N2O2. The van der Waals surface area contributed by atoms with Crippen molar-refractivity contribution >= 4 is 11.6 Å². The average molecular weight is 298 g/mol. The van der Waals surface area contributed by atoms with Crippen LogP contribution in [0.5, 0.6) is 5.75 Å². The number of carbonyl (C=O) groups is 1. The highest BCUT2D eigenvalue weighted by molar-refractivity contribution is 5.97. The summed E-state index contributed by atoms with van der Waals surface area (Å²) in [6.07, 6.45) is 0. The van der Waals surface area contributed by atoms with Crippen LogP contribution in [0.4, 0.5) is 5.69 Å². The third kappa shape index (κ3) is 3.79. The Morgan fingerprint density at radius 3 is 2.41 bits per heavy atom. The summed E-state index contributed by atoms with van der Waals surface area (Å²) in [6.45, 7) is 2.44. The first-order valence-corrected chi connectivity index (χ1v) is 7.20. The molecule has 2 aromatic carbocycles. The van der Waals surface area contributed by atoms with Gasteiger partial charge in [-0.3, -0.25) is 4.79 Å². The third-order valence-electron chi connectivity index (χ3n) is 3.51. The van der Waals surface area contributed by atoms with E-state index in [2.05, 4.69) is 5.32 Å². The fourth-order valence-electron chi connectivity index (χ4n) is 2.19. The van der Waals surface area contributed by atoms with Crippen molar-refractivity contribution in [1.82, 2.24) is 5.32 Å². The first-order chi connectivity index (χ1) is 10.5. The molecule has 0 aliphatic rings. The maximum absolute atomic E-state index is 12.3. The molecule has 116 valence electrons. The summed E-state index contributed by atoms with van der Waals surface area (Å²) < 4.78 is 5.25. The Balaban J connectivity index is 2.05. The monoisotopic (exact) mass is 298 g/mol. The van der Waals surface area contributed by atoms with Crippen LogP contribution < -0.4 is 15.0 Å². The molecule has 2 aromatic rings. The number of rotatable bonds is 5. The summed E-state index contributed by atoms with van der Waals surface area (Å²) in [5.41, 5.74) is 3.79. The van der Waals surface area contributed by atoms with E-state index in [1.54, 1.807) is 7.11 Å². The zero-order valence-corrected chi connectivity index (χ0v) is 13.5. The van der Waals surface area contributed by atoms with Crippen LogP contribution >= 0.6 is 0 Å². The second-order valence-electron chi connectivity index (χ2n) is 5.45. The van der Waals surface area contributed by atoms with Gasteiger partial charge in [0.1, 0.15) is 5.75 Å². The summed E-state index contributed by atoms with van der Waals surface area (Å²) in [5, 5.41) is 2.93. The molecule has 0 saturated carbocycles. The lowest BCUT2D eigenvalue weighted by atomic mass is 10.1. The highest BCUT2D eigenvalue weighted by Crippen LogP contribution is 2.19. The lowest BCUT2D eigenvalue weighted by Crippen LogP contribution is -2.23. The standard InChI is InChI=1S/C18H22N2O2/c1-13-5-10-17(22-4)16(11-13)18(21)19-12-14-6-8-15(9-7-14)20(2)3/h5-11H,12H2,1-4H3,(H,19,21). The minimum Gasteiger partial charge on any atom is -0.496 e. The largest absolute Gasteiger partial charge is 0.496 e. The molecule has 0 unspecified atom stereocenters. The van der Waals surface area contributed by atoms with E-state index in [1.165, 1.54) is 0 Å². The minimum absolute atomic E-state index is 0.128. The number of nitrogens with zero attached hydrogens (tertiary/aromatic N) is 1. The maximum Gasteiger partial charge on any atom is 0.255 e. The summed E-state index contributed by atoms with van der Waals surface area (Å²) in [4.78, 5) is 14.4. The molecule has 0 saturated heterocycles. The molecule has 0 aliphatic carbocycles. The van der Waals surface area contributed by atoms with Crippen molar-refractivity contribution in [1.29, 1.82) is 0 Å². The van der Waals surface area contributed by atoms with Gasteiger partial charge in [0.05, 0.1) is 12.7 Å². The molecule has 0 bridgehead atoms. The number of hydrogen-bond donors (Lipinski definition) is 1. The van der Waals surface area contributed by atoms with Gasteiger partial charge in [0.25, 0.3) is 5.91 Å². The van der Waals surface area contributed by atoms with Gasteiger partial charge in [-0.25, -0.2) is 0 Å². The lowest BCUT2D eigenvalue weighted by Gasteiger charge is -2.13. The van der Waals surface area contributed by atoms with Crippen LogP contribution in [0.15, 0.2) is 42.5 Å². The van der Waals surface area contributed by atoms with Gasteiger partial charge < -0.3 is 15.0 Å². The van der Waals surface area contributed by atoms with Gasteiger partial charge in [-0.05, 0) is 36.8 Å². The van der Waals surface area contributed by atoms with Crippen molar-refractivity contribution in [2.75, 3.05) is 26.1 Å². The second-order valence-corrected chi connectivity index (χ2v) is 5.45. The molecule has 0 heterocycles. The Kier molecular flexibility index (Phi) is 5.04. The Labute approximate surface area is 131 Å². The van der Waals surface area contributed by atoms with Gasteiger partial charge in [0.2, 0.25) is 0 Å². The van der Waals surface area contributed by atoms with Gasteiger partial charge in [0, 0.05) is 26.3 Å². The van der Waals surface area contributed by atoms with Crippen molar-refractivity contribution in [3.63, 3.8) is 0 Å². The molecule has 4 nitrogen and oxygen atoms in total. The van der Waals surface area contributed by atoms with E-state index in [9.17, 15) is 4.79 Å². The van der Waals surface area contributed by atoms with Crippen molar-refractivity contribution in [3.8, 4) is 5.75 Å². The molecular weight excluding hydrogens is 276 g/mol. The van der Waals surface area contributed by atoms with Crippen LogP contribution in [0.2, 0.25) is 0 Å². The van der Waals surface area contributed by atoms with E-state index in [-0.39, 0.29) is 5.91 Å². The summed E-state index contributed by atoms with van der Waals surface area (Å²) >= 11 is 0. The predicted molar refractivity (Wildman–Crippen MR) is 89.7 cm³/mol. The molecule has 22 heavy (non-hydrogen) atoms. The van der Waals surface area contributed by atoms with Gasteiger partial charge in [-0.2, -0.15) is 0 Å². The first kappa shape index (κ1) is 15.9. The fourth-order valence-corrected chi connectivity index (χ4v) is 2.19. The lowest BCUT2D eigenvalue weighted by molar-refractivity contribution is 0.0948. The molecule has 1 N–H and O–H groups in total. The van der Waals surface area contributed by atoms with E-state index >= 15 is 0 Å². The number of anilines is 1. The first-order valence-electron chi connectivity index (χ1n) is 7.20. The van der Waals surface area contributed by atoms with E-state index in [1.807, 2.05) is 68.4 Å². The Bertz CT molecular complexity index is 649. The average Bonchev–Trinajstić information content (AvgIpc) is 2.53. The van der Waals surface area contributed by atoms with Gasteiger partial charge in [0.15, 0.2) is 0 Å². The fraction of sp³-hybridized carbons (Fsp3) is 0.278. The van der Waals surface area contributed by atoms with E-state index in [0.717, 1.165) is 16.8 Å². The van der Waals surface area contributed by atoms with Crippen molar-refractivity contribution in [3.05, 3.63) is 59.2 Å². The molecule has 2 rings (SSSR count). The number of ether oxygens (including phenoxy) is 1. The number of hydrogen-bond acceptors (Lipinski definition) is 3. The number of benzene rings is 2. The number of amides is 1. The number of carbonyl (C=O) groups excluding carboxylic acids is 1. The number of methoxy groups -OCH3 is 1. The summed E-state index contributed by atoms with van der Waals surface area (Å²) in [6, 6.07) is 13.7. The van der Waals surface area contributed by atoms with E-state index < -0.39 is 0 Å². The molecule has 0 atom stereocenters. The number of aryl methyl sites for hydroxylation is 1. The zero-order valence-electron chi connectivity index (χ0n) is 13.5. The summed E-state index contributed by atoms with van der Waals surface area (Å²) in [5.74, 6) is 0.461. The van der Waals surface area contributed by atoms with Crippen molar-refractivity contribution in [2.24, 2.45) is 0 Å². The topological polar surface area (TPSA) is 41.6 Å². The maximum atomic E-state index is 12.3. The third-order valence-corrected chi connectivity index (χ3v) is 3.51. The van der Waals surface area contributed by atoms with E-state index in [0.29, 0.717) is 17.9 Å². The summed E-state index contributed by atoms with van der Waals surface area (Å²) in [7, 11) is 5.57. The van der Waals surface area contributed by atoms with Crippen LogP contribution in [0, 0.1) is 6.92 Å². The van der Waals surface area contributed by atoms with Gasteiger partial charge >= 0.3 is 0 Å². The van der Waals surface area contributed by atoms with Crippen LogP contribution in [-0.2, 0) is 6.54 Å². The molecule has 0 aromatic heterocycles. The van der Waals surface area contributed by atoms with Crippen LogP contribution in [0.25, 0.3) is 0 Å². The molecule has 0 spiro atoms. The van der Waals surface area contributed by atoms with Crippen LogP contribution in [0.1, 0.15) is 21.5 Å². The van der Waals surface area contributed by atoms with Gasteiger partial charge in [-0.1, -0.05) is 23.8 Å². The molecule has 0 radical (unpaired) electrons. The molecule has 0 fully saturated rings. The van der Waals surface area contributed by atoms with E-state index in [4.69, 9.17) is 4.74 Å². The second kappa shape index (κ2) is 6.98. The van der Waals surface area contributed by atoms with Crippen LogP contribution in [0.3, 0.4) is 0 Å². The Hall–Kier alpha value is -2.49. The molecule has 4 heteroatoms. The highest BCUT2D eigenvalue weighted by Gasteiger charge is 2.12. The zero-order chi connectivity index (χ0) is 16.1. The van der Waals surface area contributed by atoms with Crippen molar-refractivity contribution < 1.29 is 9.53 Å². The van der Waals surface area contributed by atoms with Crippen LogP contribution in [-0.4, -0.2) is 27.1 Å². The Morgan fingerprint density at radius 1 is 1.14 bits per heavy atom. The highest BCUT2D eigenvalue weighted by atomic mass is 16.5. The normalized spacial score (nSPS) is 10.2. The number of nitrogens with one attached hydrogen (secondary N) is 1. The van der Waals surface area contributed by atoms with Gasteiger partial charge in [-0.15, -0.1) is 0 Å².